The third kappa shape index (κ3) is 3.33. The normalized spacial score (nSPS) is 14.2. The molecule has 2 aromatic carbocycles. The average molecular weight is 429 g/mol. The number of aromatic nitrogens is 3. The summed E-state index contributed by atoms with van der Waals surface area (Å²) in [6, 6.07) is 15.9. The smallest absolute Gasteiger partial charge is 0.189 e. The van der Waals surface area contributed by atoms with Crippen LogP contribution in [-0.4, -0.2) is 29.3 Å². The van der Waals surface area contributed by atoms with Gasteiger partial charge >= 0.3 is 0 Å². The van der Waals surface area contributed by atoms with Gasteiger partial charge in [-0.15, -0.1) is 0 Å². The first-order valence-electron chi connectivity index (χ1n) is 9.41. The predicted octanol–water partition coefficient (Wildman–Crippen LogP) is 3.25. The van der Waals surface area contributed by atoms with Crippen LogP contribution in [0.15, 0.2) is 64.1 Å². The number of nitrogens with zero attached hydrogens (tertiary/aromatic N) is 4. The lowest BCUT2D eigenvalue weighted by Crippen LogP contribution is -1.99. The number of benzene rings is 2. The van der Waals surface area contributed by atoms with Crippen molar-refractivity contribution in [2.45, 2.75) is 11.3 Å². The van der Waals surface area contributed by atoms with Gasteiger partial charge in [-0.25, -0.2) is 18.4 Å². The molecule has 1 aliphatic heterocycles. The fraction of sp³-hybridized carbons (Fsp3) is 0.0909. The number of anilines is 1. The molecule has 0 saturated carbocycles. The van der Waals surface area contributed by atoms with Gasteiger partial charge in [0.05, 0.1) is 34.2 Å². The second-order valence-electron chi connectivity index (χ2n) is 7.15. The summed E-state index contributed by atoms with van der Waals surface area (Å²) in [4.78, 5) is 9.20. The molecule has 0 aliphatic carbocycles. The van der Waals surface area contributed by atoms with E-state index in [1.165, 1.54) is 0 Å². The van der Waals surface area contributed by atoms with Crippen LogP contribution in [0.4, 0.5) is 5.82 Å². The molecule has 0 saturated heterocycles. The van der Waals surface area contributed by atoms with Gasteiger partial charge in [0.1, 0.15) is 5.69 Å². The van der Waals surface area contributed by atoms with Crippen molar-refractivity contribution in [3.05, 3.63) is 65.9 Å². The number of hydrogen-bond donors (Lipinski definition) is 1. The van der Waals surface area contributed by atoms with Crippen LogP contribution >= 0.6 is 0 Å². The Morgan fingerprint density at radius 3 is 2.58 bits per heavy atom. The highest BCUT2D eigenvalue weighted by Gasteiger charge is 2.26. The molecule has 3 heterocycles. The lowest BCUT2D eigenvalue weighted by atomic mass is 10.1. The van der Waals surface area contributed by atoms with Crippen molar-refractivity contribution in [3.63, 3.8) is 0 Å². The number of rotatable bonds is 3. The summed E-state index contributed by atoms with van der Waals surface area (Å²) in [5, 5.41) is 13.0. The van der Waals surface area contributed by atoms with E-state index in [1.54, 1.807) is 48.7 Å². The lowest BCUT2D eigenvalue weighted by molar-refractivity contribution is 0.434. The summed E-state index contributed by atoms with van der Waals surface area (Å²) in [6.45, 7) is 0. The Morgan fingerprint density at radius 2 is 1.81 bits per heavy atom. The maximum atomic E-state index is 12.1. The van der Waals surface area contributed by atoms with E-state index in [9.17, 15) is 8.42 Å². The van der Waals surface area contributed by atoms with Gasteiger partial charge in [0.15, 0.2) is 27.1 Å². The molecule has 0 radical (unpaired) electrons. The van der Waals surface area contributed by atoms with Crippen molar-refractivity contribution in [2.24, 2.45) is 0 Å². The first kappa shape index (κ1) is 19.0. The van der Waals surface area contributed by atoms with Crippen LogP contribution in [0, 0.1) is 11.3 Å². The number of sulfone groups is 1. The Kier molecular flexibility index (Phi) is 4.30. The maximum absolute atomic E-state index is 12.1. The molecule has 0 amide bonds. The zero-order valence-corrected chi connectivity index (χ0v) is 16.9. The first-order valence-corrected chi connectivity index (χ1v) is 11.1. The van der Waals surface area contributed by atoms with E-state index >= 15 is 0 Å². The minimum absolute atomic E-state index is 0.126. The first-order chi connectivity index (χ1) is 14.9. The van der Waals surface area contributed by atoms with E-state index in [1.807, 2.05) is 6.07 Å². The second kappa shape index (κ2) is 7.04. The van der Waals surface area contributed by atoms with Gasteiger partial charge < -0.3 is 10.3 Å². The number of aryl methyl sites for hydroxylation is 1. The summed E-state index contributed by atoms with van der Waals surface area (Å²) in [5.74, 6) is 0.672. The fourth-order valence-corrected chi connectivity index (χ4v) is 5.09. The van der Waals surface area contributed by atoms with Crippen molar-refractivity contribution in [2.75, 3.05) is 11.5 Å². The van der Waals surface area contributed by atoms with Gasteiger partial charge in [-0.1, -0.05) is 23.4 Å². The molecular weight excluding hydrogens is 414 g/mol. The van der Waals surface area contributed by atoms with Gasteiger partial charge in [-0.3, -0.25) is 0 Å². The van der Waals surface area contributed by atoms with Crippen LogP contribution in [0.1, 0.15) is 11.1 Å². The minimum Gasteiger partial charge on any atom is -0.382 e. The van der Waals surface area contributed by atoms with Gasteiger partial charge in [-0.05, 0) is 36.2 Å². The number of nitrogen functional groups attached to an aromatic ring is 1. The molecular formula is C22H15N5O3S. The van der Waals surface area contributed by atoms with E-state index in [0.29, 0.717) is 39.7 Å². The topological polar surface area (TPSA) is 136 Å². The molecule has 2 N–H and O–H groups in total. The Morgan fingerprint density at radius 1 is 1.03 bits per heavy atom. The molecule has 0 fully saturated rings. The molecule has 0 unspecified atom stereocenters. The summed E-state index contributed by atoms with van der Waals surface area (Å²) in [7, 11) is -3.19. The molecule has 152 valence electrons. The SMILES string of the molecule is N#Cc1ccc(-c2cc(-c3nc(-c4ccc5c(c4)CCS5(=O)=O)cnc3N)on2)cc1. The van der Waals surface area contributed by atoms with Crippen molar-refractivity contribution >= 4 is 15.7 Å². The Bertz CT molecular complexity index is 1470. The molecule has 8 nitrogen and oxygen atoms in total. The number of hydrogen-bond acceptors (Lipinski definition) is 8. The van der Waals surface area contributed by atoms with E-state index in [0.717, 1.165) is 16.7 Å². The number of nitrogens with two attached hydrogens (primary N) is 1. The van der Waals surface area contributed by atoms with Gasteiger partial charge in [0.25, 0.3) is 0 Å². The Labute approximate surface area is 177 Å². The molecule has 5 rings (SSSR count). The van der Waals surface area contributed by atoms with Crippen LogP contribution in [0.25, 0.3) is 34.0 Å². The van der Waals surface area contributed by atoms with Crippen LogP contribution in [0.5, 0.6) is 0 Å². The lowest BCUT2D eigenvalue weighted by Gasteiger charge is -2.06. The molecule has 4 aromatic rings. The highest BCUT2D eigenvalue weighted by atomic mass is 32.2. The monoisotopic (exact) mass is 429 g/mol. The van der Waals surface area contributed by atoms with E-state index < -0.39 is 9.84 Å². The van der Waals surface area contributed by atoms with Crippen LogP contribution in [0.2, 0.25) is 0 Å². The maximum Gasteiger partial charge on any atom is 0.189 e. The third-order valence-corrected chi connectivity index (χ3v) is 7.00. The molecule has 9 heteroatoms. The van der Waals surface area contributed by atoms with Crippen LogP contribution in [-0.2, 0) is 16.3 Å². The van der Waals surface area contributed by atoms with Gasteiger partial charge in [-0.2, -0.15) is 5.26 Å². The highest BCUT2D eigenvalue weighted by molar-refractivity contribution is 7.91. The Hall–Kier alpha value is -4.03. The third-order valence-electron chi connectivity index (χ3n) is 5.19. The van der Waals surface area contributed by atoms with Crippen LogP contribution < -0.4 is 5.73 Å². The van der Waals surface area contributed by atoms with Gasteiger partial charge in [0, 0.05) is 17.2 Å². The van der Waals surface area contributed by atoms with Crippen molar-refractivity contribution in [1.29, 1.82) is 5.26 Å². The summed E-state index contributed by atoms with van der Waals surface area (Å²) >= 11 is 0. The molecule has 2 aromatic heterocycles. The van der Waals surface area contributed by atoms with E-state index in [2.05, 4.69) is 21.2 Å². The minimum atomic E-state index is -3.19. The number of fused-ring (bicyclic) bond motifs is 1. The highest BCUT2D eigenvalue weighted by Crippen LogP contribution is 2.32. The van der Waals surface area contributed by atoms with E-state index in [4.69, 9.17) is 15.5 Å². The van der Waals surface area contributed by atoms with Crippen LogP contribution in [0.3, 0.4) is 0 Å². The quantitative estimate of drug-likeness (QED) is 0.524. The standard InChI is InChI=1S/C22H15N5O3S/c23-11-13-1-3-14(4-2-13)17-10-19(30-27-17)21-22(24)25-12-18(26-21)15-5-6-20-16(9-15)7-8-31(20,28)29/h1-6,9-10,12H,7-8H2,(H2,24,25). The summed E-state index contributed by atoms with van der Waals surface area (Å²) in [5.41, 5.74) is 10.4. The molecule has 0 atom stereocenters. The predicted molar refractivity (Wildman–Crippen MR) is 113 cm³/mol. The number of nitriles is 1. The van der Waals surface area contributed by atoms with Crippen molar-refractivity contribution in [3.8, 4) is 40.0 Å². The zero-order valence-electron chi connectivity index (χ0n) is 16.1. The molecule has 0 spiro atoms. The van der Waals surface area contributed by atoms with Crippen molar-refractivity contribution in [1.82, 2.24) is 15.1 Å². The molecule has 31 heavy (non-hydrogen) atoms. The Balaban J connectivity index is 1.51. The second-order valence-corrected chi connectivity index (χ2v) is 9.22. The zero-order chi connectivity index (χ0) is 21.6. The summed E-state index contributed by atoms with van der Waals surface area (Å²) in [6.07, 6.45) is 2.03. The van der Waals surface area contributed by atoms with E-state index in [-0.39, 0.29) is 11.6 Å². The van der Waals surface area contributed by atoms with Gasteiger partial charge in [0.2, 0.25) is 0 Å². The molecule has 1 aliphatic rings. The fourth-order valence-electron chi connectivity index (χ4n) is 3.55. The van der Waals surface area contributed by atoms with Crippen molar-refractivity contribution < 1.29 is 12.9 Å². The summed E-state index contributed by atoms with van der Waals surface area (Å²) < 4.78 is 29.6. The molecule has 0 bridgehead atoms. The average Bonchev–Trinajstić information content (AvgIpc) is 3.39. The largest absolute Gasteiger partial charge is 0.382 e.